The molecule has 1 aromatic carbocycles. The Bertz CT molecular complexity index is 411. The number of hydrogen-bond donors (Lipinski definition) is 1. The first-order valence-corrected chi connectivity index (χ1v) is 5.41. The van der Waals surface area contributed by atoms with Crippen molar-refractivity contribution in [1.82, 2.24) is 5.43 Å². The van der Waals surface area contributed by atoms with Crippen molar-refractivity contribution in [3.8, 4) is 0 Å². The fourth-order valence-electron chi connectivity index (χ4n) is 1.14. The number of ether oxygens (including phenoxy) is 1. The third-order valence-corrected chi connectivity index (χ3v) is 1.88. The van der Waals surface area contributed by atoms with Gasteiger partial charge in [-0.3, -0.25) is 5.43 Å². The molecule has 0 spiro atoms. The van der Waals surface area contributed by atoms with Crippen molar-refractivity contribution >= 4 is 12.2 Å². The van der Waals surface area contributed by atoms with Crippen LogP contribution in [0.1, 0.15) is 19.4 Å². The number of carbonyl (C=O) groups excluding carboxylic acids is 1. The van der Waals surface area contributed by atoms with E-state index < -0.39 is 0 Å². The molecule has 0 amide bonds. The first-order chi connectivity index (χ1) is 8.22. The van der Waals surface area contributed by atoms with Gasteiger partial charge in [-0.1, -0.05) is 30.3 Å². The van der Waals surface area contributed by atoms with Crippen LogP contribution >= 0.6 is 0 Å². The second kappa shape index (κ2) is 7.22. The quantitative estimate of drug-likeness (QED) is 0.366. The lowest BCUT2D eigenvalue weighted by molar-refractivity contribution is -0.137. The Balaban J connectivity index is 2.45. The van der Waals surface area contributed by atoms with Crippen LogP contribution in [-0.4, -0.2) is 18.8 Å². The van der Waals surface area contributed by atoms with Crippen molar-refractivity contribution < 1.29 is 9.53 Å². The van der Waals surface area contributed by atoms with Crippen LogP contribution in [0.4, 0.5) is 0 Å². The zero-order valence-corrected chi connectivity index (χ0v) is 10.0. The summed E-state index contributed by atoms with van der Waals surface area (Å²) in [4.78, 5) is 11.1. The van der Waals surface area contributed by atoms with Crippen molar-refractivity contribution in [2.24, 2.45) is 5.10 Å². The number of allylic oxidation sites excluding steroid dienone is 1. The number of nitrogens with one attached hydrogen (secondary N) is 1. The molecule has 1 aromatic rings. The number of hydrazone groups is 1. The number of nitrogens with zero attached hydrogens (tertiary/aromatic N) is 1. The Labute approximate surface area is 101 Å². The van der Waals surface area contributed by atoms with E-state index >= 15 is 0 Å². The van der Waals surface area contributed by atoms with Crippen molar-refractivity contribution in [1.29, 1.82) is 0 Å². The van der Waals surface area contributed by atoms with E-state index in [2.05, 4.69) is 10.5 Å². The summed E-state index contributed by atoms with van der Waals surface area (Å²) in [6, 6.07) is 9.69. The molecule has 0 saturated carbocycles. The standard InChI is InChI=1S/C13H16N2O2/c1-3-17-13(16)9-11(2)15-14-10-12-7-5-4-6-8-12/h4-10,15H,3H2,1-2H3/b11-9+,14-10+. The summed E-state index contributed by atoms with van der Waals surface area (Å²) in [6.07, 6.45) is 3.05. The first kappa shape index (κ1) is 13.0. The third kappa shape index (κ3) is 5.51. The molecule has 17 heavy (non-hydrogen) atoms. The smallest absolute Gasteiger partial charge is 0.332 e. The maximum absolute atomic E-state index is 11.1. The summed E-state index contributed by atoms with van der Waals surface area (Å²) in [5.41, 5.74) is 4.37. The molecule has 0 atom stereocenters. The Kier molecular flexibility index (Phi) is 5.51. The molecule has 0 bridgehead atoms. The van der Waals surface area contributed by atoms with Gasteiger partial charge in [0.1, 0.15) is 0 Å². The minimum absolute atomic E-state index is 0.368. The van der Waals surface area contributed by atoms with Gasteiger partial charge < -0.3 is 4.74 Å². The molecule has 4 heteroatoms. The molecular formula is C13H16N2O2. The third-order valence-electron chi connectivity index (χ3n) is 1.88. The molecule has 0 heterocycles. The predicted molar refractivity (Wildman–Crippen MR) is 67.6 cm³/mol. The zero-order chi connectivity index (χ0) is 12.5. The van der Waals surface area contributed by atoms with E-state index in [1.54, 1.807) is 20.1 Å². The van der Waals surface area contributed by atoms with Gasteiger partial charge in [0.2, 0.25) is 0 Å². The topological polar surface area (TPSA) is 50.7 Å². The van der Waals surface area contributed by atoms with E-state index in [4.69, 9.17) is 4.74 Å². The van der Waals surface area contributed by atoms with E-state index in [-0.39, 0.29) is 5.97 Å². The highest BCUT2D eigenvalue weighted by Crippen LogP contribution is 1.94. The second-order valence-corrected chi connectivity index (χ2v) is 3.36. The fraction of sp³-hybridized carbons (Fsp3) is 0.231. The van der Waals surface area contributed by atoms with Gasteiger partial charge in [0, 0.05) is 11.8 Å². The number of rotatable bonds is 5. The molecule has 1 rings (SSSR count). The van der Waals surface area contributed by atoms with Gasteiger partial charge in [-0.25, -0.2) is 4.79 Å². The lowest BCUT2D eigenvalue weighted by atomic mass is 10.2. The molecule has 4 nitrogen and oxygen atoms in total. The number of esters is 1. The Morgan fingerprint density at radius 2 is 2.12 bits per heavy atom. The van der Waals surface area contributed by atoms with E-state index in [1.165, 1.54) is 6.08 Å². The molecule has 0 fully saturated rings. The lowest BCUT2D eigenvalue weighted by Gasteiger charge is -2.00. The predicted octanol–water partition coefficient (Wildman–Crippen LogP) is 2.08. The van der Waals surface area contributed by atoms with Gasteiger partial charge in [0.15, 0.2) is 0 Å². The largest absolute Gasteiger partial charge is 0.463 e. The molecule has 0 radical (unpaired) electrons. The van der Waals surface area contributed by atoms with Crippen LogP contribution in [0, 0.1) is 0 Å². The average molecular weight is 232 g/mol. The molecular weight excluding hydrogens is 216 g/mol. The monoisotopic (exact) mass is 232 g/mol. The van der Waals surface area contributed by atoms with Gasteiger partial charge in [-0.15, -0.1) is 0 Å². The average Bonchev–Trinajstić information content (AvgIpc) is 2.30. The van der Waals surface area contributed by atoms with Crippen LogP contribution in [0.15, 0.2) is 47.2 Å². The second-order valence-electron chi connectivity index (χ2n) is 3.36. The number of carbonyl (C=O) groups is 1. The highest BCUT2D eigenvalue weighted by atomic mass is 16.5. The Morgan fingerprint density at radius 1 is 1.41 bits per heavy atom. The van der Waals surface area contributed by atoms with E-state index in [0.717, 1.165) is 5.56 Å². The Hall–Kier alpha value is -2.10. The fourth-order valence-corrected chi connectivity index (χ4v) is 1.14. The molecule has 0 aliphatic carbocycles. The summed E-state index contributed by atoms with van der Waals surface area (Å²) in [5, 5.41) is 4.00. The highest BCUT2D eigenvalue weighted by Gasteiger charge is 1.96. The molecule has 0 aliphatic rings. The lowest BCUT2D eigenvalue weighted by Crippen LogP contribution is -2.07. The number of hydrogen-bond acceptors (Lipinski definition) is 4. The summed E-state index contributed by atoms with van der Waals surface area (Å²) >= 11 is 0. The van der Waals surface area contributed by atoms with Crippen molar-refractivity contribution in [3.05, 3.63) is 47.7 Å². The Morgan fingerprint density at radius 3 is 2.76 bits per heavy atom. The van der Waals surface area contributed by atoms with E-state index in [1.807, 2.05) is 30.3 Å². The maximum atomic E-state index is 11.1. The van der Waals surface area contributed by atoms with Gasteiger partial charge in [0.05, 0.1) is 12.8 Å². The van der Waals surface area contributed by atoms with Crippen LogP contribution in [-0.2, 0) is 9.53 Å². The molecule has 1 N–H and O–H groups in total. The SMILES string of the molecule is CCOC(=O)/C=C(\C)N/N=C/c1ccccc1. The summed E-state index contributed by atoms with van der Waals surface area (Å²) < 4.78 is 4.77. The summed E-state index contributed by atoms with van der Waals surface area (Å²) in [6.45, 7) is 3.89. The molecule has 0 unspecified atom stereocenters. The highest BCUT2D eigenvalue weighted by molar-refractivity contribution is 5.82. The molecule has 0 aromatic heterocycles. The normalized spacial score (nSPS) is 11.5. The van der Waals surface area contributed by atoms with Crippen LogP contribution in [0.2, 0.25) is 0 Å². The molecule has 90 valence electrons. The summed E-state index contributed by atoms with van der Waals surface area (Å²) in [5.74, 6) is -0.368. The van der Waals surface area contributed by atoms with E-state index in [0.29, 0.717) is 12.3 Å². The minimum Gasteiger partial charge on any atom is -0.463 e. The summed E-state index contributed by atoms with van der Waals surface area (Å²) in [7, 11) is 0. The van der Waals surface area contributed by atoms with Gasteiger partial charge >= 0.3 is 5.97 Å². The zero-order valence-electron chi connectivity index (χ0n) is 10.0. The molecule has 0 saturated heterocycles. The first-order valence-electron chi connectivity index (χ1n) is 5.41. The van der Waals surface area contributed by atoms with Crippen molar-refractivity contribution in [2.45, 2.75) is 13.8 Å². The maximum Gasteiger partial charge on any atom is 0.332 e. The van der Waals surface area contributed by atoms with Gasteiger partial charge in [-0.2, -0.15) is 5.10 Å². The van der Waals surface area contributed by atoms with Gasteiger partial charge in [0.25, 0.3) is 0 Å². The van der Waals surface area contributed by atoms with E-state index in [9.17, 15) is 4.79 Å². The van der Waals surface area contributed by atoms with Crippen LogP contribution < -0.4 is 5.43 Å². The van der Waals surface area contributed by atoms with Gasteiger partial charge in [-0.05, 0) is 19.4 Å². The number of benzene rings is 1. The van der Waals surface area contributed by atoms with Crippen molar-refractivity contribution in [2.75, 3.05) is 6.61 Å². The van der Waals surface area contributed by atoms with Crippen LogP contribution in [0.5, 0.6) is 0 Å². The van der Waals surface area contributed by atoms with Crippen LogP contribution in [0.3, 0.4) is 0 Å². The van der Waals surface area contributed by atoms with Crippen molar-refractivity contribution in [3.63, 3.8) is 0 Å². The van der Waals surface area contributed by atoms with Crippen LogP contribution in [0.25, 0.3) is 0 Å². The minimum atomic E-state index is -0.368. The molecule has 0 aliphatic heterocycles.